The third-order valence-electron chi connectivity index (χ3n) is 6.22. The Balaban J connectivity index is 1.37. The minimum Gasteiger partial charge on any atom is -0.450 e. The van der Waals surface area contributed by atoms with E-state index in [1.165, 1.54) is 16.9 Å². The molecule has 0 unspecified atom stereocenters. The number of piperidine rings is 1. The van der Waals surface area contributed by atoms with Crippen LogP contribution in [0.3, 0.4) is 0 Å². The minimum atomic E-state index is -0.736. The van der Waals surface area contributed by atoms with Crippen molar-refractivity contribution in [1.82, 2.24) is 15.2 Å². The fourth-order valence-corrected chi connectivity index (χ4v) is 5.16. The van der Waals surface area contributed by atoms with Crippen molar-refractivity contribution in [3.05, 3.63) is 70.2 Å². The van der Waals surface area contributed by atoms with Gasteiger partial charge < -0.3 is 15.0 Å². The number of ether oxygens (including phenoxy) is 1. The van der Waals surface area contributed by atoms with Gasteiger partial charge in [-0.15, -0.1) is 11.3 Å². The number of carbonyl (C=O) groups excluding carboxylic acids is 3. The van der Waals surface area contributed by atoms with E-state index in [0.29, 0.717) is 31.6 Å². The van der Waals surface area contributed by atoms with Crippen LogP contribution in [0.1, 0.15) is 53.7 Å². The van der Waals surface area contributed by atoms with E-state index in [1.807, 2.05) is 24.3 Å². The van der Waals surface area contributed by atoms with Crippen molar-refractivity contribution in [2.24, 2.45) is 0 Å². The van der Waals surface area contributed by atoms with Gasteiger partial charge in [0.25, 0.3) is 5.91 Å². The predicted octanol–water partition coefficient (Wildman–Crippen LogP) is 5.67. The molecule has 0 saturated carbocycles. The van der Waals surface area contributed by atoms with Crippen molar-refractivity contribution in [1.29, 1.82) is 0 Å². The molecule has 0 spiro atoms. The number of para-hydroxylation sites is 1. The Kier molecular flexibility index (Phi) is 8.32. The number of thiazole rings is 1. The van der Waals surface area contributed by atoms with Crippen LogP contribution in [-0.4, -0.2) is 47.6 Å². The quantitative estimate of drug-likeness (QED) is 0.449. The highest BCUT2D eigenvalue weighted by Gasteiger charge is 2.27. The molecule has 3 aromatic rings. The molecule has 8 nitrogen and oxygen atoms in total. The van der Waals surface area contributed by atoms with Crippen molar-refractivity contribution in [3.8, 4) is 11.1 Å². The highest BCUT2D eigenvalue weighted by Crippen LogP contribution is 2.32. The SMILES string of the molecule is CCOC(=O)NC(=O)N1CCC(c2nc(C(=O)Nc3ccccc3-c3ccc(CC)cc3)cs2)CC1. The van der Waals surface area contributed by atoms with Crippen molar-refractivity contribution < 1.29 is 19.1 Å². The van der Waals surface area contributed by atoms with Crippen LogP contribution in [0.5, 0.6) is 0 Å². The second kappa shape index (κ2) is 11.8. The van der Waals surface area contributed by atoms with Crippen LogP contribution in [0, 0.1) is 0 Å². The molecule has 1 fully saturated rings. The van der Waals surface area contributed by atoms with Gasteiger partial charge >= 0.3 is 12.1 Å². The number of hydrogen-bond acceptors (Lipinski definition) is 6. The largest absolute Gasteiger partial charge is 0.450 e. The molecule has 36 heavy (non-hydrogen) atoms. The summed E-state index contributed by atoms with van der Waals surface area (Å²) in [7, 11) is 0. The predicted molar refractivity (Wildman–Crippen MR) is 140 cm³/mol. The number of nitrogens with zero attached hydrogens (tertiary/aromatic N) is 2. The Morgan fingerprint density at radius 2 is 1.78 bits per heavy atom. The number of benzene rings is 2. The van der Waals surface area contributed by atoms with Crippen molar-refractivity contribution in [2.45, 2.75) is 39.0 Å². The molecule has 9 heteroatoms. The summed E-state index contributed by atoms with van der Waals surface area (Å²) in [6, 6.07) is 15.7. The third-order valence-corrected chi connectivity index (χ3v) is 7.23. The van der Waals surface area contributed by atoms with E-state index in [4.69, 9.17) is 4.74 Å². The van der Waals surface area contributed by atoms with Gasteiger partial charge in [-0.1, -0.05) is 49.4 Å². The molecule has 0 aliphatic carbocycles. The third kappa shape index (κ3) is 6.09. The van der Waals surface area contributed by atoms with Crippen LogP contribution in [0.4, 0.5) is 15.3 Å². The first-order valence-electron chi connectivity index (χ1n) is 12.2. The maximum absolute atomic E-state index is 13.0. The first-order valence-corrected chi connectivity index (χ1v) is 13.0. The molecule has 188 valence electrons. The molecular weight excluding hydrogens is 476 g/mol. The molecule has 0 radical (unpaired) electrons. The number of likely N-dealkylation sites (tertiary alicyclic amines) is 1. The second-order valence-electron chi connectivity index (χ2n) is 8.53. The number of anilines is 1. The van der Waals surface area contributed by atoms with E-state index in [-0.39, 0.29) is 18.4 Å². The number of nitrogens with one attached hydrogen (secondary N) is 2. The van der Waals surface area contributed by atoms with Crippen molar-refractivity contribution in [2.75, 3.05) is 25.0 Å². The van der Waals surface area contributed by atoms with Crippen LogP contribution in [-0.2, 0) is 11.2 Å². The highest BCUT2D eigenvalue weighted by atomic mass is 32.1. The Hall–Kier alpha value is -3.72. The maximum atomic E-state index is 13.0. The number of hydrogen-bond donors (Lipinski definition) is 2. The van der Waals surface area contributed by atoms with Crippen LogP contribution in [0.25, 0.3) is 11.1 Å². The number of carbonyl (C=O) groups is 3. The van der Waals surface area contributed by atoms with E-state index in [0.717, 1.165) is 28.2 Å². The van der Waals surface area contributed by atoms with Gasteiger partial charge in [-0.3, -0.25) is 4.79 Å². The van der Waals surface area contributed by atoms with E-state index < -0.39 is 12.1 Å². The second-order valence-corrected chi connectivity index (χ2v) is 9.42. The van der Waals surface area contributed by atoms with E-state index in [9.17, 15) is 14.4 Å². The Morgan fingerprint density at radius 3 is 2.47 bits per heavy atom. The first-order chi connectivity index (χ1) is 17.5. The lowest BCUT2D eigenvalue weighted by atomic mass is 9.98. The lowest BCUT2D eigenvalue weighted by Crippen LogP contribution is -2.46. The summed E-state index contributed by atoms with van der Waals surface area (Å²) >= 11 is 1.46. The zero-order valence-electron chi connectivity index (χ0n) is 20.5. The number of imide groups is 1. The van der Waals surface area contributed by atoms with Gasteiger partial charge in [0.15, 0.2) is 0 Å². The average molecular weight is 507 g/mol. The molecule has 1 aromatic heterocycles. The van der Waals surface area contributed by atoms with Gasteiger partial charge in [-0.2, -0.15) is 0 Å². The smallest absolute Gasteiger partial charge is 0.415 e. The number of alkyl carbamates (subject to hydrolysis) is 1. The van der Waals surface area contributed by atoms with Crippen LogP contribution in [0.2, 0.25) is 0 Å². The first kappa shape index (κ1) is 25.4. The molecule has 1 aliphatic rings. The van der Waals surface area contributed by atoms with E-state index in [2.05, 4.69) is 46.8 Å². The summed E-state index contributed by atoms with van der Waals surface area (Å²) in [6.45, 7) is 5.01. The number of aryl methyl sites for hydroxylation is 1. The Labute approximate surface area is 214 Å². The zero-order valence-corrected chi connectivity index (χ0v) is 21.3. The molecule has 0 bridgehead atoms. The highest BCUT2D eigenvalue weighted by molar-refractivity contribution is 7.10. The standard InChI is InChI=1S/C27H30N4O4S/c1-3-18-9-11-19(12-10-18)21-7-5-6-8-22(21)28-24(32)23-17-36-25(29-23)20-13-15-31(16-14-20)26(33)30-27(34)35-4-2/h5-12,17,20H,3-4,13-16H2,1-2H3,(H,28,32)(H,30,33,34). The topological polar surface area (TPSA) is 101 Å². The number of urea groups is 1. The van der Waals surface area contributed by atoms with Crippen LogP contribution >= 0.6 is 11.3 Å². The average Bonchev–Trinajstić information content (AvgIpc) is 3.40. The van der Waals surface area contributed by atoms with Crippen LogP contribution in [0.15, 0.2) is 53.9 Å². The molecule has 1 aliphatic heterocycles. The fraction of sp³-hybridized carbons (Fsp3) is 0.333. The van der Waals surface area contributed by atoms with Gasteiger partial charge in [-0.25, -0.2) is 19.9 Å². The molecule has 1 saturated heterocycles. The molecule has 0 atom stereocenters. The fourth-order valence-electron chi connectivity index (χ4n) is 4.19. The monoisotopic (exact) mass is 506 g/mol. The minimum absolute atomic E-state index is 0.160. The normalized spacial score (nSPS) is 13.8. The van der Waals surface area contributed by atoms with Gasteiger partial charge in [0, 0.05) is 35.6 Å². The van der Waals surface area contributed by atoms with E-state index in [1.54, 1.807) is 17.2 Å². The lowest BCUT2D eigenvalue weighted by Gasteiger charge is -2.30. The van der Waals surface area contributed by atoms with Gasteiger partial charge in [-0.05, 0) is 43.4 Å². The number of rotatable bonds is 6. The molecule has 2 N–H and O–H groups in total. The summed E-state index contributed by atoms with van der Waals surface area (Å²) in [5, 5.41) is 7.91. The summed E-state index contributed by atoms with van der Waals surface area (Å²) in [5.41, 5.74) is 4.38. The summed E-state index contributed by atoms with van der Waals surface area (Å²) in [5.74, 6) is -0.0889. The Bertz CT molecular complexity index is 1220. The molecule has 4 amide bonds. The van der Waals surface area contributed by atoms with Gasteiger partial charge in [0.2, 0.25) is 0 Å². The molecular formula is C27H30N4O4S. The van der Waals surface area contributed by atoms with Gasteiger partial charge in [0.05, 0.1) is 11.6 Å². The zero-order chi connectivity index (χ0) is 25.5. The summed E-state index contributed by atoms with van der Waals surface area (Å²) in [6.07, 6.45) is 1.66. The summed E-state index contributed by atoms with van der Waals surface area (Å²) < 4.78 is 4.76. The number of aromatic nitrogens is 1. The summed E-state index contributed by atoms with van der Waals surface area (Å²) in [4.78, 5) is 42.9. The van der Waals surface area contributed by atoms with Crippen LogP contribution < -0.4 is 10.6 Å². The Morgan fingerprint density at radius 1 is 1.06 bits per heavy atom. The van der Waals surface area contributed by atoms with Crippen molar-refractivity contribution in [3.63, 3.8) is 0 Å². The maximum Gasteiger partial charge on any atom is 0.415 e. The lowest BCUT2D eigenvalue weighted by molar-refractivity contribution is 0.102. The van der Waals surface area contributed by atoms with E-state index >= 15 is 0 Å². The molecule has 2 heterocycles. The van der Waals surface area contributed by atoms with Gasteiger partial charge in [0.1, 0.15) is 5.69 Å². The molecule has 2 aromatic carbocycles. The van der Waals surface area contributed by atoms with Crippen molar-refractivity contribution >= 4 is 35.1 Å². The molecule has 4 rings (SSSR count). The number of amides is 4.